The van der Waals surface area contributed by atoms with E-state index in [1.54, 1.807) is 0 Å². The number of anilines is 1. The van der Waals surface area contributed by atoms with Crippen LogP contribution in [0, 0.1) is 0 Å². The molecule has 144 valence electrons. The minimum absolute atomic E-state index is 0.191. The molecule has 3 aromatic rings. The van der Waals surface area contributed by atoms with Crippen molar-refractivity contribution in [3.63, 3.8) is 0 Å². The number of nitrogens with zero attached hydrogens (tertiary/aromatic N) is 2. The lowest BCUT2D eigenvalue weighted by Crippen LogP contribution is -2.29. The first-order valence-electron chi connectivity index (χ1n) is 9.93. The number of hydrogen-bond donors (Lipinski definition) is 0. The summed E-state index contributed by atoms with van der Waals surface area (Å²) in [5.41, 5.74) is 5.50. The number of esters is 1. The zero-order chi connectivity index (χ0) is 19.3. The molecule has 0 unspecified atom stereocenters. The van der Waals surface area contributed by atoms with Gasteiger partial charge in [-0.3, -0.25) is 4.79 Å². The van der Waals surface area contributed by atoms with E-state index in [4.69, 9.17) is 4.74 Å². The summed E-state index contributed by atoms with van der Waals surface area (Å²) in [6.07, 6.45) is 3.87. The van der Waals surface area contributed by atoms with Gasteiger partial charge in [0.15, 0.2) is 0 Å². The van der Waals surface area contributed by atoms with E-state index >= 15 is 0 Å². The molecule has 0 N–H and O–H groups in total. The van der Waals surface area contributed by atoms with Crippen molar-refractivity contribution in [3.8, 4) is 22.5 Å². The molecule has 0 saturated carbocycles. The second kappa shape index (κ2) is 8.34. The zero-order valence-corrected chi connectivity index (χ0v) is 16.3. The molecule has 2 heterocycles. The van der Waals surface area contributed by atoms with Gasteiger partial charge in [0.1, 0.15) is 6.54 Å². The standard InChI is InChI=1S/C24H26N2O2/c1-28-24(27)18-26-22(19-8-4-2-5-9-19)14-15-23(26)20-10-12-21(13-11-20)25-16-6-3-7-17-25/h2,4-5,8-15H,3,6-7,16-18H2,1H3. The lowest BCUT2D eigenvalue weighted by molar-refractivity contribution is -0.141. The van der Waals surface area contributed by atoms with E-state index in [-0.39, 0.29) is 12.5 Å². The maximum atomic E-state index is 12.1. The van der Waals surface area contributed by atoms with E-state index in [9.17, 15) is 4.79 Å². The Morgan fingerprint density at radius 1 is 0.821 bits per heavy atom. The quantitative estimate of drug-likeness (QED) is 0.590. The topological polar surface area (TPSA) is 34.5 Å². The summed E-state index contributed by atoms with van der Waals surface area (Å²) in [6.45, 7) is 2.46. The molecule has 0 aliphatic carbocycles. The molecule has 28 heavy (non-hydrogen) atoms. The number of aromatic nitrogens is 1. The van der Waals surface area contributed by atoms with Crippen molar-refractivity contribution in [2.75, 3.05) is 25.1 Å². The third-order valence-electron chi connectivity index (χ3n) is 5.45. The Bertz CT molecular complexity index is 923. The van der Waals surface area contributed by atoms with Crippen molar-refractivity contribution in [1.82, 2.24) is 4.57 Å². The second-order valence-corrected chi connectivity index (χ2v) is 7.23. The first-order valence-corrected chi connectivity index (χ1v) is 9.93. The molecule has 1 saturated heterocycles. The lowest BCUT2D eigenvalue weighted by Gasteiger charge is -2.28. The van der Waals surface area contributed by atoms with Gasteiger partial charge in [-0.2, -0.15) is 0 Å². The van der Waals surface area contributed by atoms with Crippen molar-refractivity contribution in [2.45, 2.75) is 25.8 Å². The van der Waals surface area contributed by atoms with Crippen LogP contribution in [0.2, 0.25) is 0 Å². The summed E-state index contributed by atoms with van der Waals surface area (Å²) in [6, 6.07) is 23.0. The summed E-state index contributed by atoms with van der Waals surface area (Å²) in [5.74, 6) is -0.250. The summed E-state index contributed by atoms with van der Waals surface area (Å²) in [5, 5.41) is 0. The summed E-state index contributed by atoms with van der Waals surface area (Å²) in [4.78, 5) is 14.5. The van der Waals surface area contributed by atoms with Crippen molar-refractivity contribution in [3.05, 3.63) is 66.7 Å². The number of carbonyl (C=O) groups is 1. The van der Waals surface area contributed by atoms with E-state index in [1.165, 1.54) is 32.1 Å². The van der Waals surface area contributed by atoms with Gasteiger partial charge in [-0.05, 0) is 54.7 Å². The van der Waals surface area contributed by atoms with Crippen LogP contribution < -0.4 is 4.90 Å². The van der Waals surface area contributed by atoms with Crippen LogP contribution in [0.25, 0.3) is 22.5 Å². The molecular formula is C24H26N2O2. The highest BCUT2D eigenvalue weighted by Gasteiger charge is 2.16. The van der Waals surface area contributed by atoms with Gasteiger partial charge in [-0.25, -0.2) is 0 Å². The number of hydrogen-bond acceptors (Lipinski definition) is 3. The second-order valence-electron chi connectivity index (χ2n) is 7.23. The minimum Gasteiger partial charge on any atom is -0.468 e. The number of rotatable bonds is 5. The first-order chi connectivity index (χ1) is 13.8. The fourth-order valence-electron chi connectivity index (χ4n) is 3.94. The van der Waals surface area contributed by atoms with Crippen LogP contribution in [0.4, 0.5) is 5.69 Å². The third kappa shape index (κ3) is 3.81. The molecule has 1 aromatic heterocycles. The van der Waals surface area contributed by atoms with E-state index in [0.29, 0.717) is 0 Å². The van der Waals surface area contributed by atoms with Gasteiger partial charge < -0.3 is 14.2 Å². The molecule has 4 nitrogen and oxygen atoms in total. The molecule has 1 aliphatic heterocycles. The largest absolute Gasteiger partial charge is 0.468 e. The molecule has 1 aliphatic rings. The molecule has 4 rings (SSSR count). The fraction of sp³-hybridized carbons (Fsp3) is 0.292. The number of carbonyl (C=O) groups excluding carboxylic acids is 1. The van der Waals surface area contributed by atoms with Gasteiger partial charge in [-0.1, -0.05) is 42.5 Å². The number of ether oxygens (including phenoxy) is 1. The molecule has 0 atom stereocenters. The molecule has 4 heteroatoms. The van der Waals surface area contributed by atoms with Gasteiger partial charge >= 0.3 is 5.97 Å². The van der Waals surface area contributed by atoms with Crippen molar-refractivity contribution in [2.24, 2.45) is 0 Å². The molecule has 0 amide bonds. The first kappa shape index (κ1) is 18.4. The Balaban J connectivity index is 1.68. The van der Waals surface area contributed by atoms with Crippen LogP contribution in [-0.4, -0.2) is 30.7 Å². The number of methoxy groups -OCH3 is 1. The van der Waals surface area contributed by atoms with Crippen LogP contribution in [-0.2, 0) is 16.1 Å². The van der Waals surface area contributed by atoms with Crippen molar-refractivity contribution >= 4 is 11.7 Å². The predicted molar refractivity (Wildman–Crippen MR) is 113 cm³/mol. The van der Waals surface area contributed by atoms with Crippen LogP contribution >= 0.6 is 0 Å². The maximum absolute atomic E-state index is 12.1. The monoisotopic (exact) mass is 374 g/mol. The molecular weight excluding hydrogens is 348 g/mol. The molecule has 0 bridgehead atoms. The average molecular weight is 374 g/mol. The van der Waals surface area contributed by atoms with Crippen molar-refractivity contribution in [1.29, 1.82) is 0 Å². The summed E-state index contributed by atoms with van der Waals surface area (Å²) < 4.78 is 6.98. The van der Waals surface area contributed by atoms with Crippen LogP contribution in [0.1, 0.15) is 19.3 Å². The fourth-order valence-corrected chi connectivity index (χ4v) is 3.94. The molecule has 2 aromatic carbocycles. The maximum Gasteiger partial charge on any atom is 0.325 e. The third-order valence-corrected chi connectivity index (χ3v) is 5.45. The SMILES string of the molecule is COC(=O)Cn1c(-c2ccccc2)ccc1-c1ccc(N2CCCCC2)cc1. The van der Waals surface area contributed by atoms with Gasteiger partial charge in [-0.15, -0.1) is 0 Å². The molecule has 0 spiro atoms. The average Bonchev–Trinajstić information content (AvgIpc) is 3.18. The highest BCUT2D eigenvalue weighted by atomic mass is 16.5. The lowest BCUT2D eigenvalue weighted by atomic mass is 10.1. The van der Waals surface area contributed by atoms with Crippen LogP contribution in [0.15, 0.2) is 66.7 Å². The number of piperidine rings is 1. The van der Waals surface area contributed by atoms with Crippen LogP contribution in [0.5, 0.6) is 0 Å². The Morgan fingerprint density at radius 2 is 1.43 bits per heavy atom. The summed E-state index contributed by atoms with van der Waals surface area (Å²) >= 11 is 0. The van der Waals surface area contributed by atoms with Gasteiger partial charge in [0.25, 0.3) is 0 Å². The Labute approximate surface area is 166 Å². The van der Waals surface area contributed by atoms with Gasteiger partial charge in [0, 0.05) is 30.2 Å². The van der Waals surface area contributed by atoms with Gasteiger partial charge in [0.2, 0.25) is 0 Å². The molecule has 1 fully saturated rings. The smallest absolute Gasteiger partial charge is 0.325 e. The van der Waals surface area contributed by atoms with Gasteiger partial charge in [0.05, 0.1) is 7.11 Å². The zero-order valence-electron chi connectivity index (χ0n) is 16.3. The van der Waals surface area contributed by atoms with E-state index in [2.05, 4.69) is 53.4 Å². The highest BCUT2D eigenvalue weighted by Crippen LogP contribution is 2.31. The van der Waals surface area contributed by atoms with E-state index in [0.717, 1.165) is 35.6 Å². The highest BCUT2D eigenvalue weighted by molar-refractivity contribution is 5.76. The predicted octanol–water partition coefficient (Wildman–Crippen LogP) is 4.99. The van der Waals surface area contributed by atoms with E-state index < -0.39 is 0 Å². The molecule has 0 radical (unpaired) electrons. The van der Waals surface area contributed by atoms with Crippen LogP contribution in [0.3, 0.4) is 0 Å². The van der Waals surface area contributed by atoms with E-state index in [1.807, 2.05) is 22.8 Å². The normalized spacial score (nSPS) is 14.1. The van der Waals surface area contributed by atoms with Crippen molar-refractivity contribution < 1.29 is 9.53 Å². The summed E-state index contributed by atoms with van der Waals surface area (Å²) in [7, 11) is 1.43. The Morgan fingerprint density at radius 3 is 2.04 bits per heavy atom. The minimum atomic E-state index is -0.250. The number of benzene rings is 2. The Hall–Kier alpha value is -3.01. The Kier molecular flexibility index (Phi) is 5.47.